The third kappa shape index (κ3) is 3.33. The molecular weight excluding hydrogens is 260 g/mol. The average molecular weight is 282 g/mol. The molecule has 1 atom stereocenters. The number of ether oxygens (including phenoxy) is 1. The van der Waals surface area contributed by atoms with Crippen molar-refractivity contribution < 1.29 is 9.53 Å². The van der Waals surface area contributed by atoms with Crippen LogP contribution >= 0.6 is 0 Å². The molecule has 0 aliphatic heterocycles. The Balaban J connectivity index is 2.47. The van der Waals surface area contributed by atoms with Crippen molar-refractivity contribution in [2.75, 3.05) is 6.61 Å². The first-order valence-corrected chi connectivity index (χ1v) is 7.37. The summed E-state index contributed by atoms with van der Waals surface area (Å²) in [6.07, 6.45) is 0. The van der Waals surface area contributed by atoms with Gasteiger partial charge in [0.25, 0.3) is 0 Å². The number of carbonyl (C=O) groups is 1. The first-order valence-electron chi connectivity index (χ1n) is 7.37. The molecule has 0 spiro atoms. The third-order valence-corrected chi connectivity index (χ3v) is 3.92. The molecular formula is C19H22O2. The molecule has 0 fully saturated rings. The largest absolute Gasteiger partial charge is 0.466 e. The third-order valence-electron chi connectivity index (χ3n) is 3.92. The normalized spacial score (nSPS) is 12.0. The van der Waals surface area contributed by atoms with E-state index < -0.39 is 0 Å². The first kappa shape index (κ1) is 15.3. The molecule has 0 saturated heterocycles. The second kappa shape index (κ2) is 6.57. The highest BCUT2D eigenvalue weighted by Crippen LogP contribution is 2.30. The van der Waals surface area contributed by atoms with Gasteiger partial charge in [0, 0.05) is 0 Å². The number of rotatable bonds is 4. The Labute approximate surface area is 126 Å². The van der Waals surface area contributed by atoms with Gasteiger partial charge in [-0.3, -0.25) is 4.79 Å². The Morgan fingerprint density at radius 3 is 2.38 bits per heavy atom. The molecule has 0 bridgehead atoms. The Kier molecular flexibility index (Phi) is 4.79. The molecule has 2 rings (SSSR count). The van der Waals surface area contributed by atoms with Crippen molar-refractivity contribution >= 4 is 5.97 Å². The monoisotopic (exact) mass is 282 g/mol. The maximum Gasteiger partial charge on any atom is 0.313 e. The standard InChI is InChI=1S/C19H22O2/c1-5-21-19(20)15(4)18-12-17(11-13(2)14(18)3)16-9-7-6-8-10-16/h6-12,15H,5H2,1-4H3. The summed E-state index contributed by atoms with van der Waals surface area (Å²) >= 11 is 0. The lowest BCUT2D eigenvalue weighted by molar-refractivity contribution is -0.144. The Morgan fingerprint density at radius 2 is 1.76 bits per heavy atom. The van der Waals surface area contributed by atoms with Crippen LogP contribution in [0, 0.1) is 13.8 Å². The minimum atomic E-state index is -0.243. The zero-order chi connectivity index (χ0) is 15.4. The zero-order valence-electron chi connectivity index (χ0n) is 13.1. The fourth-order valence-electron chi connectivity index (χ4n) is 2.53. The van der Waals surface area contributed by atoms with Crippen LogP contribution in [0.3, 0.4) is 0 Å². The summed E-state index contributed by atoms with van der Waals surface area (Å²) in [6, 6.07) is 14.5. The zero-order valence-corrected chi connectivity index (χ0v) is 13.1. The van der Waals surface area contributed by atoms with Crippen LogP contribution in [0.15, 0.2) is 42.5 Å². The van der Waals surface area contributed by atoms with Gasteiger partial charge in [-0.15, -0.1) is 0 Å². The molecule has 2 aromatic rings. The van der Waals surface area contributed by atoms with Crippen LogP contribution in [0.5, 0.6) is 0 Å². The van der Waals surface area contributed by atoms with Crippen LogP contribution in [-0.4, -0.2) is 12.6 Å². The molecule has 1 unspecified atom stereocenters. The molecule has 110 valence electrons. The number of carbonyl (C=O) groups excluding carboxylic acids is 1. The minimum absolute atomic E-state index is 0.162. The van der Waals surface area contributed by atoms with Crippen molar-refractivity contribution in [1.82, 2.24) is 0 Å². The number of esters is 1. The highest BCUT2D eigenvalue weighted by Gasteiger charge is 2.20. The number of hydrogen-bond acceptors (Lipinski definition) is 2. The summed E-state index contributed by atoms with van der Waals surface area (Å²) in [5.41, 5.74) is 5.72. The van der Waals surface area contributed by atoms with Crippen molar-refractivity contribution in [3.05, 3.63) is 59.2 Å². The molecule has 2 aromatic carbocycles. The Hall–Kier alpha value is -2.09. The molecule has 0 aliphatic rings. The van der Waals surface area contributed by atoms with Gasteiger partial charge < -0.3 is 4.74 Å². The molecule has 2 nitrogen and oxygen atoms in total. The van der Waals surface area contributed by atoms with Crippen molar-refractivity contribution in [2.24, 2.45) is 0 Å². The van der Waals surface area contributed by atoms with Crippen LogP contribution in [0.2, 0.25) is 0 Å². The minimum Gasteiger partial charge on any atom is -0.466 e. The van der Waals surface area contributed by atoms with E-state index in [1.807, 2.05) is 32.0 Å². The highest BCUT2D eigenvalue weighted by molar-refractivity contribution is 5.79. The number of hydrogen-bond donors (Lipinski definition) is 0. The summed E-state index contributed by atoms with van der Waals surface area (Å²) in [5, 5.41) is 0. The van der Waals surface area contributed by atoms with Crippen molar-refractivity contribution in [3.8, 4) is 11.1 Å². The quantitative estimate of drug-likeness (QED) is 0.764. The number of benzene rings is 2. The lowest BCUT2D eigenvalue weighted by Gasteiger charge is -2.17. The maximum atomic E-state index is 12.0. The Bertz CT molecular complexity index is 630. The molecule has 21 heavy (non-hydrogen) atoms. The van der Waals surface area contributed by atoms with Gasteiger partial charge >= 0.3 is 5.97 Å². The van der Waals surface area contributed by atoms with Gasteiger partial charge in [0.1, 0.15) is 0 Å². The van der Waals surface area contributed by atoms with Gasteiger partial charge in [-0.05, 0) is 55.5 Å². The van der Waals surface area contributed by atoms with Crippen molar-refractivity contribution in [2.45, 2.75) is 33.6 Å². The van der Waals surface area contributed by atoms with Gasteiger partial charge in [0.05, 0.1) is 12.5 Å². The van der Waals surface area contributed by atoms with Gasteiger partial charge in [-0.1, -0.05) is 42.5 Å². The van der Waals surface area contributed by atoms with E-state index in [0.29, 0.717) is 6.61 Å². The van der Waals surface area contributed by atoms with Gasteiger partial charge in [0.15, 0.2) is 0 Å². The van der Waals surface area contributed by atoms with E-state index in [1.54, 1.807) is 0 Å². The van der Waals surface area contributed by atoms with E-state index in [1.165, 1.54) is 5.56 Å². The molecule has 0 saturated carbocycles. The lowest BCUT2D eigenvalue weighted by atomic mass is 9.89. The SMILES string of the molecule is CCOC(=O)C(C)c1cc(-c2ccccc2)cc(C)c1C. The molecule has 0 heterocycles. The van der Waals surface area contributed by atoms with E-state index in [2.05, 4.69) is 38.1 Å². The topological polar surface area (TPSA) is 26.3 Å². The molecule has 2 heteroatoms. The van der Waals surface area contributed by atoms with E-state index >= 15 is 0 Å². The fraction of sp³-hybridized carbons (Fsp3) is 0.316. The van der Waals surface area contributed by atoms with E-state index in [4.69, 9.17) is 4.74 Å². The van der Waals surface area contributed by atoms with E-state index in [-0.39, 0.29) is 11.9 Å². The first-order chi connectivity index (χ1) is 10.0. The van der Waals surface area contributed by atoms with E-state index in [0.717, 1.165) is 22.3 Å². The summed E-state index contributed by atoms with van der Waals surface area (Å²) in [5.74, 6) is -0.405. The van der Waals surface area contributed by atoms with Crippen LogP contribution in [-0.2, 0) is 9.53 Å². The lowest BCUT2D eigenvalue weighted by Crippen LogP contribution is -2.14. The summed E-state index contributed by atoms with van der Waals surface area (Å²) in [4.78, 5) is 12.0. The van der Waals surface area contributed by atoms with Crippen LogP contribution < -0.4 is 0 Å². The summed E-state index contributed by atoms with van der Waals surface area (Å²) < 4.78 is 5.16. The maximum absolute atomic E-state index is 12.0. The summed E-state index contributed by atoms with van der Waals surface area (Å²) in [7, 11) is 0. The second-order valence-electron chi connectivity index (χ2n) is 5.35. The predicted molar refractivity (Wildman–Crippen MR) is 86.4 cm³/mol. The van der Waals surface area contributed by atoms with Crippen LogP contribution in [0.25, 0.3) is 11.1 Å². The molecule has 0 radical (unpaired) electrons. The molecule has 0 aliphatic carbocycles. The van der Waals surface area contributed by atoms with Crippen LogP contribution in [0.1, 0.15) is 36.5 Å². The fourth-order valence-corrected chi connectivity index (χ4v) is 2.53. The smallest absolute Gasteiger partial charge is 0.313 e. The van der Waals surface area contributed by atoms with Crippen molar-refractivity contribution in [3.63, 3.8) is 0 Å². The Morgan fingerprint density at radius 1 is 1.10 bits per heavy atom. The molecule has 0 N–H and O–H groups in total. The molecule has 0 aromatic heterocycles. The summed E-state index contributed by atoms with van der Waals surface area (Å²) in [6.45, 7) is 8.32. The van der Waals surface area contributed by atoms with Crippen LogP contribution in [0.4, 0.5) is 0 Å². The predicted octanol–water partition coefficient (Wildman–Crippen LogP) is 4.64. The van der Waals surface area contributed by atoms with Crippen molar-refractivity contribution in [1.29, 1.82) is 0 Å². The van der Waals surface area contributed by atoms with Gasteiger partial charge in [-0.25, -0.2) is 0 Å². The molecule has 0 amide bonds. The van der Waals surface area contributed by atoms with Gasteiger partial charge in [-0.2, -0.15) is 0 Å². The van der Waals surface area contributed by atoms with Gasteiger partial charge in [0.2, 0.25) is 0 Å². The second-order valence-corrected chi connectivity index (χ2v) is 5.35. The average Bonchev–Trinajstić information content (AvgIpc) is 2.50. The van der Waals surface area contributed by atoms with E-state index in [9.17, 15) is 4.79 Å². The highest BCUT2D eigenvalue weighted by atomic mass is 16.5. The number of aryl methyl sites for hydroxylation is 1.